The number of hydrogen-bond acceptors (Lipinski definition) is 2. The van der Waals surface area contributed by atoms with Gasteiger partial charge in [0.1, 0.15) is 0 Å². The fraction of sp³-hybridized carbons (Fsp3) is 0.556. The van der Waals surface area contributed by atoms with Gasteiger partial charge in [0, 0.05) is 32.5 Å². The Hall–Kier alpha value is -1.84. The molecule has 0 bridgehead atoms. The van der Waals surface area contributed by atoms with E-state index in [0.717, 1.165) is 45.3 Å². The zero-order valence-electron chi connectivity index (χ0n) is 13.2. The van der Waals surface area contributed by atoms with Gasteiger partial charge in [0.25, 0.3) is 0 Å². The van der Waals surface area contributed by atoms with Crippen molar-refractivity contribution in [2.75, 3.05) is 19.6 Å². The molecule has 2 aliphatic heterocycles. The fourth-order valence-corrected chi connectivity index (χ4v) is 3.73. The number of carbonyl (C=O) groups excluding carboxylic acids is 2. The van der Waals surface area contributed by atoms with Gasteiger partial charge < -0.3 is 9.80 Å². The zero-order chi connectivity index (χ0) is 15.5. The van der Waals surface area contributed by atoms with Crippen LogP contribution < -0.4 is 0 Å². The van der Waals surface area contributed by atoms with Crippen LogP contribution in [0.5, 0.6) is 0 Å². The summed E-state index contributed by atoms with van der Waals surface area (Å²) in [7, 11) is 0. The lowest BCUT2D eigenvalue weighted by Gasteiger charge is -2.34. The van der Waals surface area contributed by atoms with E-state index in [4.69, 9.17) is 0 Å². The van der Waals surface area contributed by atoms with Crippen LogP contribution in [0.4, 0.5) is 0 Å². The van der Waals surface area contributed by atoms with E-state index in [1.807, 2.05) is 23.1 Å². The van der Waals surface area contributed by atoms with Crippen LogP contribution in [-0.4, -0.2) is 41.2 Å². The van der Waals surface area contributed by atoms with Crippen molar-refractivity contribution >= 4 is 11.8 Å². The van der Waals surface area contributed by atoms with E-state index in [0.29, 0.717) is 0 Å². The molecule has 118 valence electrons. The lowest BCUT2D eigenvalue weighted by atomic mass is 9.94. The Labute approximate surface area is 132 Å². The highest BCUT2D eigenvalue weighted by Crippen LogP contribution is 2.34. The van der Waals surface area contributed by atoms with Gasteiger partial charge in [-0.25, -0.2) is 0 Å². The quantitative estimate of drug-likeness (QED) is 0.842. The molecular weight excluding hydrogens is 276 g/mol. The van der Waals surface area contributed by atoms with Crippen LogP contribution in [0, 0.1) is 5.92 Å². The largest absolute Gasteiger partial charge is 0.343 e. The second kappa shape index (κ2) is 6.51. The molecule has 2 amide bonds. The minimum atomic E-state index is 0.0833. The third kappa shape index (κ3) is 3.01. The van der Waals surface area contributed by atoms with Crippen LogP contribution >= 0.6 is 0 Å². The normalized spacial score (nSPS) is 22.9. The number of amides is 2. The molecule has 4 nitrogen and oxygen atoms in total. The van der Waals surface area contributed by atoms with Gasteiger partial charge in [-0.15, -0.1) is 0 Å². The summed E-state index contributed by atoms with van der Waals surface area (Å²) < 4.78 is 0. The molecule has 0 aromatic heterocycles. The number of likely N-dealkylation sites (tertiary alicyclic amines) is 2. The molecule has 0 aliphatic carbocycles. The van der Waals surface area contributed by atoms with E-state index >= 15 is 0 Å². The van der Waals surface area contributed by atoms with Crippen molar-refractivity contribution in [2.45, 2.75) is 38.6 Å². The molecule has 2 fully saturated rings. The Morgan fingerprint density at radius 2 is 1.68 bits per heavy atom. The number of piperidine rings is 1. The highest BCUT2D eigenvalue weighted by atomic mass is 16.2. The van der Waals surface area contributed by atoms with Crippen LogP contribution in [0.15, 0.2) is 30.3 Å². The summed E-state index contributed by atoms with van der Waals surface area (Å²) in [4.78, 5) is 28.2. The third-order valence-corrected chi connectivity index (χ3v) is 5.01. The number of nitrogens with zero attached hydrogens (tertiary/aromatic N) is 2. The molecule has 1 aromatic carbocycles. The molecule has 1 aromatic rings. The maximum absolute atomic E-state index is 12.9. The first kappa shape index (κ1) is 15.1. The van der Waals surface area contributed by atoms with Crippen molar-refractivity contribution in [3.05, 3.63) is 35.9 Å². The second-order valence-corrected chi connectivity index (χ2v) is 6.38. The van der Waals surface area contributed by atoms with E-state index < -0.39 is 0 Å². The van der Waals surface area contributed by atoms with Gasteiger partial charge >= 0.3 is 0 Å². The van der Waals surface area contributed by atoms with Crippen molar-refractivity contribution < 1.29 is 9.59 Å². The lowest BCUT2D eigenvalue weighted by Crippen LogP contribution is -2.43. The smallest absolute Gasteiger partial charge is 0.226 e. The van der Waals surface area contributed by atoms with E-state index in [1.165, 1.54) is 5.56 Å². The first-order valence-electron chi connectivity index (χ1n) is 8.28. The summed E-state index contributed by atoms with van der Waals surface area (Å²) in [5, 5.41) is 0. The van der Waals surface area contributed by atoms with E-state index in [2.05, 4.69) is 17.0 Å². The Morgan fingerprint density at radius 3 is 2.32 bits per heavy atom. The maximum atomic E-state index is 12.9. The summed E-state index contributed by atoms with van der Waals surface area (Å²) in [6, 6.07) is 10.6. The Balaban J connectivity index is 1.66. The van der Waals surface area contributed by atoms with Crippen molar-refractivity contribution in [1.29, 1.82) is 0 Å². The van der Waals surface area contributed by atoms with Crippen molar-refractivity contribution in [3.63, 3.8) is 0 Å². The van der Waals surface area contributed by atoms with Gasteiger partial charge in [0.2, 0.25) is 11.8 Å². The first-order chi connectivity index (χ1) is 10.7. The van der Waals surface area contributed by atoms with Crippen LogP contribution in [-0.2, 0) is 9.59 Å². The summed E-state index contributed by atoms with van der Waals surface area (Å²) in [5.41, 5.74) is 1.24. The molecule has 0 saturated carbocycles. The van der Waals surface area contributed by atoms with Crippen LogP contribution in [0.1, 0.15) is 44.2 Å². The van der Waals surface area contributed by atoms with Gasteiger partial charge in [-0.1, -0.05) is 30.3 Å². The molecule has 3 rings (SSSR count). The van der Waals surface area contributed by atoms with Crippen molar-refractivity contribution in [3.8, 4) is 0 Å². The molecule has 0 spiro atoms. The molecule has 0 radical (unpaired) electrons. The number of hydrogen-bond donors (Lipinski definition) is 0. The molecule has 2 saturated heterocycles. The lowest BCUT2D eigenvalue weighted by molar-refractivity contribution is -0.140. The minimum Gasteiger partial charge on any atom is -0.343 e. The average Bonchev–Trinajstić information content (AvgIpc) is 3.04. The van der Waals surface area contributed by atoms with E-state index in [1.54, 1.807) is 6.92 Å². The highest BCUT2D eigenvalue weighted by molar-refractivity contribution is 5.80. The molecular formula is C18H24N2O2. The van der Waals surface area contributed by atoms with E-state index in [9.17, 15) is 9.59 Å². The minimum absolute atomic E-state index is 0.0833. The number of rotatable bonds is 2. The predicted molar refractivity (Wildman–Crippen MR) is 85.1 cm³/mol. The summed E-state index contributed by atoms with van der Waals surface area (Å²) in [6.45, 7) is 3.91. The predicted octanol–water partition coefficient (Wildman–Crippen LogP) is 2.61. The topological polar surface area (TPSA) is 40.6 Å². The Kier molecular flexibility index (Phi) is 4.46. The zero-order valence-corrected chi connectivity index (χ0v) is 13.2. The third-order valence-electron chi connectivity index (χ3n) is 5.01. The van der Waals surface area contributed by atoms with Crippen molar-refractivity contribution in [2.24, 2.45) is 5.92 Å². The number of carbonyl (C=O) groups is 2. The van der Waals surface area contributed by atoms with Gasteiger partial charge in [-0.2, -0.15) is 0 Å². The average molecular weight is 300 g/mol. The van der Waals surface area contributed by atoms with Crippen LogP contribution in [0.25, 0.3) is 0 Å². The molecule has 2 heterocycles. The fourth-order valence-electron chi connectivity index (χ4n) is 3.73. The summed E-state index contributed by atoms with van der Waals surface area (Å²) in [5.74, 6) is 0.490. The molecule has 2 aliphatic rings. The maximum Gasteiger partial charge on any atom is 0.226 e. The molecule has 22 heavy (non-hydrogen) atoms. The van der Waals surface area contributed by atoms with Gasteiger partial charge in [0.05, 0.1) is 6.04 Å². The van der Waals surface area contributed by atoms with Crippen molar-refractivity contribution in [1.82, 2.24) is 9.80 Å². The second-order valence-electron chi connectivity index (χ2n) is 6.38. The Morgan fingerprint density at radius 1 is 1.00 bits per heavy atom. The van der Waals surface area contributed by atoms with Gasteiger partial charge in [0.15, 0.2) is 0 Å². The first-order valence-corrected chi connectivity index (χ1v) is 8.28. The van der Waals surface area contributed by atoms with Gasteiger partial charge in [-0.05, 0) is 31.2 Å². The molecule has 1 unspecified atom stereocenters. The number of benzene rings is 1. The molecule has 4 heteroatoms. The highest BCUT2D eigenvalue weighted by Gasteiger charge is 2.35. The Bertz CT molecular complexity index is 535. The summed E-state index contributed by atoms with van der Waals surface area (Å²) >= 11 is 0. The summed E-state index contributed by atoms with van der Waals surface area (Å²) in [6.07, 6.45) is 3.74. The molecule has 1 atom stereocenters. The SMILES string of the molecule is CC(=O)N1CCC(C(=O)N2CCCC2c2ccccc2)CC1. The molecule has 0 N–H and O–H groups in total. The van der Waals surface area contributed by atoms with E-state index in [-0.39, 0.29) is 23.8 Å². The standard InChI is InChI=1S/C18H24N2O2/c1-14(21)19-12-9-16(10-13-19)18(22)20-11-5-8-17(20)15-6-3-2-4-7-15/h2-4,6-7,16-17H,5,8-13H2,1H3. The van der Waals surface area contributed by atoms with Crippen LogP contribution in [0.2, 0.25) is 0 Å². The van der Waals surface area contributed by atoms with Gasteiger partial charge in [-0.3, -0.25) is 9.59 Å². The van der Waals surface area contributed by atoms with Crippen LogP contribution in [0.3, 0.4) is 0 Å². The monoisotopic (exact) mass is 300 g/mol.